The van der Waals surface area contributed by atoms with Crippen molar-refractivity contribution in [2.75, 3.05) is 18.6 Å². The second kappa shape index (κ2) is 2.49. The minimum Gasteiger partial charge on any atom is -0.285 e. The summed E-state index contributed by atoms with van der Waals surface area (Å²) < 4.78 is 0. The molecule has 2 aliphatic heterocycles. The van der Waals surface area contributed by atoms with E-state index in [0.717, 1.165) is 17.9 Å². The highest BCUT2D eigenvalue weighted by Gasteiger charge is 2.51. The summed E-state index contributed by atoms with van der Waals surface area (Å²) in [5.41, 5.74) is -0.309. The Bertz CT molecular complexity index is 245. The van der Waals surface area contributed by atoms with E-state index < -0.39 is 0 Å². The van der Waals surface area contributed by atoms with Gasteiger partial charge in [-0.1, -0.05) is 0 Å². The quantitative estimate of drug-likeness (QED) is 0.516. The van der Waals surface area contributed by atoms with E-state index >= 15 is 0 Å². The largest absolute Gasteiger partial charge is 0.285 e. The first-order chi connectivity index (χ1) is 5.66. The predicted octanol–water partition coefficient (Wildman–Crippen LogP) is 0.498. The van der Waals surface area contributed by atoms with E-state index in [0.29, 0.717) is 6.42 Å². The van der Waals surface area contributed by atoms with Gasteiger partial charge in [0.25, 0.3) is 0 Å². The zero-order valence-electron chi connectivity index (χ0n) is 7.00. The molecule has 0 radical (unpaired) electrons. The van der Waals surface area contributed by atoms with Crippen LogP contribution >= 0.6 is 11.8 Å². The number of thioether (sulfide) groups is 1. The van der Waals surface area contributed by atoms with Crippen molar-refractivity contribution in [3.05, 3.63) is 0 Å². The zero-order valence-corrected chi connectivity index (χ0v) is 7.82. The molecule has 2 amide bonds. The van der Waals surface area contributed by atoms with Crippen LogP contribution in [0.5, 0.6) is 0 Å². The Morgan fingerprint density at radius 1 is 1.50 bits per heavy atom. The second-order valence-electron chi connectivity index (χ2n) is 3.52. The normalized spacial score (nSPS) is 35.6. The van der Waals surface area contributed by atoms with E-state index in [-0.39, 0.29) is 17.2 Å². The molecule has 2 saturated heterocycles. The fourth-order valence-corrected chi connectivity index (χ4v) is 3.31. The van der Waals surface area contributed by atoms with Crippen LogP contribution < -0.4 is 0 Å². The topological polar surface area (TPSA) is 37.4 Å². The molecule has 0 aromatic rings. The van der Waals surface area contributed by atoms with Gasteiger partial charge in [-0.15, -0.1) is 0 Å². The lowest BCUT2D eigenvalue weighted by atomic mass is 9.86. The maximum absolute atomic E-state index is 11.6. The van der Waals surface area contributed by atoms with Crippen molar-refractivity contribution in [2.24, 2.45) is 5.41 Å². The highest BCUT2D eigenvalue weighted by atomic mass is 32.2. The minimum atomic E-state index is -0.309. The van der Waals surface area contributed by atoms with Gasteiger partial charge in [0.15, 0.2) is 0 Å². The third-order valence-electron chi connectivity index (χ3n) is 2.73. The molecule has 2 aliphatic rings. The van der Waals surface area contributed by atoms with Gasteiger partial charge in [-0.25, -0.2) is 0 Å². The monoisotopic (exact) mass is 185 g/mol. The highest BCUT2D eigenvalue weighted by molar-refractivity contribution is 7.99. The molecule has 66 valence electrons. The molecule has 1 atom stereocenters. The third-order valence-corrected chi connectivity index (χ3v) is 3.97. The molecule has 0 aromatic carbocycles. The van der Waals surface area contributed by atoms with Crippen molar-refractivity contribution in [1.82, 2.24) is 4.90 Å². The second-order valence-corrected chi connectivity index (χ2v) is 4.62. The van der Waals surface area contributed by atoms with Gasteiger partial charge >= 0.3 is 0 Å². The Morgan fingerprint density at radius 3 is 2.67 bits per heavy atom. The number of hydrogen-bond donors (Lipinski definition) is 0. The summed E-state index contributed by atoms with van der Waals surface area (Å²) in [5.74, 6) is 1.88. The molecule has 1 spiro atoms. The summed E-state index contributed by atoms with van der Waals surface area (Å²) in [5, 5.41) is 0. The van der Waals surface area contributed by atoms with Crippen molar-refractivity contribution in [3.8, 4) is 0 Å². The van der Waals surface area contributed by atoms with Crippen molar-refractivity contribution in [1.29, 1.82) is 0 Å². The predicted molar refractivity (Wildman–Crippen MR) is 46.8 cm³/mol. The number of amides is 2. The van der Waals surface area contributed by atoms with Crippen LogP contribution in [-0.4, -0.2) is 35.3 Å². The summed E-state index contributed by atoms with van der Waals surface area (Å²) in [6.45, 7) is 0. The van der Waals surface area contributed by atoms with Crippen LogP contribution in [0.25, 0.3) is 0 Å². The molecule has 0 N–H and O–H groups in total. The van der Waals surface area contributed by atoms with E-state index in [2.05, 4.69) is 0 Å². The Labute approximate surface area is 75.5 Å². The van der Waals surface area contributed by atoms with Crippen LogP contribution in [0.1, 0.15) is 12.8 Å². The minimum absolute atomic E-state index is 0.0116. The van der Waals surface area contributed by atoms with Gasteiger partial charge in [0.05, 0.1) is 5.41 Å². The first-order valence-electron chi connectivity index (χ1n) is 4.04. The van der Waals surface area contributed by atoms with Gasteiger partial charge in [-0.3, -0.25) is 14.5 Å². The van der Waals surface area contributed by atoms with Gasteiger partial charge in [-0.2, -0.15) is 11.8 Å². The lowest BCUT2D eigenvalue weighted by Crippen LogP contribution is -2.32. The lowest BCUT2D eigenvalue weighted by molar-refractivity contribution is -0.139. The molecule has 2 rings (SSSR count). The number of rotatable bonds is 0. The summed E-state index contributed by atoms with van der Waals surface area (Å²) in [4.78, 5) is 24.2. The molecule has 2 fully saturated rings. The average Bonchev–Trinajstić information content (AvgIpc) is 2.57. The number of imide groups is 1. The molecular formula is C8H11NO2S. The number of carbonyl (C=O) groups excluding carboxylic acids is 2. The van der Waals surface area contributed by atoms with Crippen molar-refractivity contribution in [2.45, 2.75) is 12.8 Å². The molecule has 3 nitrogen and oxygen atoms in total. The Kier molecular flexibility index (Phi) is 1.68. The van der Waals surface area contributed by atoms with E-state index in [1.54, 1.807) is 18.8 Å². The molecule has 1 unspecified atom stereocenters. The lowest BCUT2D eigenvalue weighted by Gasteiger charge is -2.17. The summed E-state index contributed by atoms with van der Waals surface area (Å²) in [6.07, 6.45) is 1.32. The maximum atomic E-state index is 11.6. The smallest absolute Gasteiger partial charge is 0.236 e. The Morgan fingerprint density at radius 2 is 2.25 bits per heavy atom. The first-order valence-corrected chi connectivity index (χ1v) is 5.20. The highest BCUT2D eigenvalue weighted by Crippen LogP contribution is 2.44. The van der Waals surface area contributed by atoms with E-state index in [1.165, 1.54) is 4.90 Å². The Hall–Kier alpha value is -0.510. The first kappa shape index (κ1) is 8.10. The number of nitrogens with zero attached hydrogens (tertiary/aromatic N) is 1. The fourth-order valence-electron chi connectivity index (χ4n) is 1.87. The van der Waals surface area contributed by atoms with Crippen molar-refractivity contribution < 1.29 is 9.59 Å². The van der Waals surface area contributed by atoms with Gasteiger partial charge in [0.1, 0.15) is 0 Å². The number of likely N-dealkylation sites (tertiary alicyclic amines) is 1. The molecule has 12 heavy (non-hydrogen) atoms. The summed E-state index contributed by atoms with van der Waals surface area (Å²) in [6, 6.07) is 0. The summed E-state index contributed by atoms with van der Waals surface area (Å²) >= 11 is 1.78. The van der Waals surface area contributed by atoms with Gasteiger partial charge in [0.2, 0.25) is 11.8 Å². The standard InChI is InChI=1S/C8H11NO2S/c1-9-6(10)4-8(7(9)11)2-3-12-5-8/h2-5H2,1H3. The number of carbonyl (C=O) groups is 2. The zero-order chi connectivity index (χ0) is 8.77. The van der Waals surface area contributed by atoms with Crippen molar-refractivity contribution >= 4 is 23.6 Å². The fraction of sp³-hybridized carbons (Fsp3) is 0.750. The molecule has 0 bridgehead atoms. The maximum Gasteiger partial charge on any atom is 0.236 e. The molecule has 0 saturated carbocycles. The van der Waals surface area contributed by atoms with E-state index in [9.17, 15) is 9.59 Å². The summed E-state index contributed by atoms with van der Waals surface area (Å²) in [7, 11) is 1.59. The van der Waals surface area contributed by atoms with E-state index in [4.69, 9.17) is 0 Å². The molecule has 0 aliphatic carbocycles. The van der Waals surface area contributed by atoms with Crippen LogP contribution in [-0.2, 0) is 9.59 Å². The Balaban J connectivity index is 2.29. The van der Waals surface area contributed by atoms with Crippen LogP contribution in [0, 0.1) is 5.41 Å². The van der Waals surface area contributed by atoms with Crippen LogP contribution in [0.4, 0.5) is 0 Å². The SMILES string of the molecule is CN1C(=O)CC2(CCSC2)C1=O. The molecule has 2 heterocycles. The molecule has 4 heteroatoms. The average molecular weight is 185 g/mol. The van der Waals surface area contributed by atoms with Gasteiger partial charge < -0.3 is 0 Å². The molecular weight excluding hydrogens is 174 g/mol. The van der Waals surface area contributed by atoms with Crippen LogP contribution in [0.3, 0.4) is 0 Å². The number of hydrogen-bond acceptors (Lipinski definition) is 3. The van der Waals surface area contributed by atoms with Crippen molar-refractivity contribution in [3.63, 3.8) is 0 Å². The van der Waals surface area contributed by atoms with Gasteiger partial charge in [-0.05, 0) is 12.2 Å². The van der Waals surface area contributed by atoms with E-state index in [1.807, 2.05) is 0 Å². The van der Waals surface area contributed by atoms with Crippen LogP contribution in [0.2, 0.25) is 0 Å². The van der Waals surface area contributed by atoms with Crippen LogP contribution in [0.15, 0.2) is 0 Å². The third kappa shape index (κ3) is 0.905. The molecule has 0 aromatic heterocycles. The van der Waals surface area contributed by atoms with Gasteiger partial charge in [0, 0.05) is 19.2 Å².